The second-order valence-electron chi connectivity index (χ2n) is 2.50. The van der Waals surface area contributed by atoms with Crippen molar-refractivity contribution in [3.63, 3.8) is 0 Å². The third kappa shape index (κ3) is 2.14. The summed E-state index contributed by atoms with van der Waals surface area (Å²) < 4.78 is 0. The van der Waals surface area contributed by atoms with E-state index in [1.807, 2.05) is 5.43 Å². The van der Waals surface area contributed by atoms with Crippen LogP contribution in [-0.4, -0.2) is 10.9 Å². The third-order valence-corrected chi connectivity index (χ3v) is 1.49. The molecule has 1 heterocycles. The number of aromatic nitrogens is 1. The number of amides is 1. The first-order valence-corrected chi connectivity index (χ1v) is 3.63. The van der Waals surface area contributed by atoms with Crippen LogP contribution in [0.4, 0.5) is 5.82 Å². The van der Waals surface area contributed by atoms with Crippen LogP contribution in [0.25, 0.3) is 0 Å². The van der Waals surface area contributed by atoms with E-state index >= 15 is 0 Å². The Morgan fingerprint density at radius 1 is 1.46 bits per heavy atom. The Kier molecular flexibility index (Phi) is 2.78. The molecule has 0 aromatic carbocycles. The number of carbonyl (C=O) groups is 1. The first-order valence-electron chi connectivity index (χ1n) is 3.63. The van der Waals surface area contributed by atoms with Crippen molar-refractivity contribution in [3.05, 3.63) is 23.4 Å². The largest absolute Gasteiger partial charge is 0.308 e. The van der Waals surface area contributed by atoms with E-state index in [4.69, 9.17) is 11.7 Å². The fraction of sp³-hybridized carbons (Fsp3) is 0.143. The van der Waals surface area contributed by atoms with Gasteiger partial charge in [-0.15, -0.1) is 0 Å². The van der Waals surface area contributed by atoms with Crippen molar-refractivity contribution < 1.29 is 4.79 Å². The molecule has 6 N–H and O–H groups in total. The van der Waals surface area contributed by atoms with Crippen molar-refractivity contribution in [1.82, 2.24) is 10.4 Å². The molecule has 0 fully saturated rings. The van der Waals surface area contributed by atoms with Gasteiger partial charge < -0.3 is 5.43 Å². The van der Waals surface area contributed by atoms with Crippen LogP contribution in [0.3, 0.4) is 0 Å². The van der Waals surface area contributed by atoms with Gasteiger partial charge in [-0.1, -0.05) is 0 Å². The molecule has 1 rings (SSSR count). The van der Waals surface area contributed by atoms with E-state index in [0.29, 0.717) is 17.1 Å². The highest BCUT2D eigenvalue weighted by Crippen LogP contribution is 2.08. The van der Waals surface area contributed by atoms with Crippen molar-refractivity contribution in [1.29, 1.82) is 0 Å². The molecule has 70 valence electrons. The molecule has 0 unspecified atom stereocenters. The molecule has 1 aromatic rings. The molecule has 6 heteroatoms. The van der Waals surface area contributed by atoms with E-state index in [2.05, 4.69) is 10.4 Å². The van der Waals surface area contributed by atoms with Gasteiger partial charge >= 0.3 is 0 Å². The lowest BCUT2D eigenvalue weighted by molar-refractivity contribution is 0.0953. The summed E-state index contributed by atoms with van der Waals surface area (Å²) in [6, 6.07) is 3.12. The Morgan fingerprint density at radius 3 is 2.69 bits per heavy atom. The summed E-state index contributed by atoms with van der Waals surface area (Å²) in [6.45, 7) is 1.76. The maximum atomic E-state index is 11.1. The number of nitrogens with zero attached hydrogens (tertiary/aromatic N) is 1. The molecule has 1 amide bonds. The lowest BCUT2D eigenvalue weighted by Gasteiger charge is -2.04. The van der Waals surface area contributed by atoms with Crippen molar-refractivity contribution in [3.8, 4) is 0 Å². The number of nitrogen functional groups attached to an aromatic ring is 2. The molecule has 0 radical (unpaired) electrons. The quantitative estimate of drug-likeness (QED) is 0.274. The van der Waals surface area contributed by atoms with Crippen LogP contribution in [0, 0.1) is 6.92 Å². The summed E-state index contributed by atoms with van der Waals surface area (Å²) in [5, 5.41) is 0. The Bertz CT molecular complexity index is 325. The number of hydrogen-bond acceptors (Lipinski definition) is 5. The molecule has 0 saturated carbocycles. The van der Waals surface area contributed by atoms with E-state index in [9.17, 15) is 4.79 Å². The number of nitrogens with one attached hydrogen (secondary N) is 2. The first kappa shape index (κ1) is 9.43. The number of hydrazine groups is 2. The molecule has 0 aliphatic heterocycles. The Balaban J connectivity index is 3.08. The summed E-state index contributed by atoms with van der Waals surface area (Å²) in [5.41, 5.74) is 5.49. The summed E-state index contributed by atoms with van der Waals surface area (Å²) in [7, 11) is 0. The predicted molar refractivity (Wildman–Crippen MR) is 48.4 cm³/mol. The van der Waals surface area contributed by atoms with Gasteiger partial charge in [0, 0.05) is 11.3 Å². The van der Waals surface area contributed by atoms with E-state index in [-0.39, 0.29) is 5.91 Å². The molecule has 0 aliphatic rings. The first-order chi connectivity index (χ1) is 6.17. The number of rotatable bonds is 2. The fourth-order valence-electron chi connectivity index (χ4n) is 0.957. The van der Waals surface area contributed by atoms with Crippen LogP contribution in [0.15, 0.2) is 12.1 Å². The van der Waals surface area contributed by atoms with Gasteiger partial charge in [-0.25, -0.2) is 16.7 Å². The molecule has 0 aliphatic carbocycles. The van der Waals surface area contributed by atoms with Gasteiger partial charge in [-0.05, 0) is 19.1 Å². The van der Waals surface area contributed by atoms with Gasteiger partial charge in [0.15, 0.2) is 0 Å². The second kappa shape index (κ2) is 3.83. The number of carbonyl (C=O) groups excluding carboxylic acids is 1. The summed E-state index contributed by atoms with van der Waals surface area (Å²) in [4.78, 5) is 15.1. The van der Waals surface area contributed by atoms with E-state index in [0.717, 1.165) is 0 Å². The molecule has 6 nitrogen and oxygen atoms in total. The molecule has 0 spiro atoms. The van der Waals surface area contributed by atoms with Gasteiger partial charge in [-0.3, -0.25) is 10.2 Å². The highest BCUT2D eigenvalue weighted by molar-refractivity contribution is 5.94. The predicted octanol–water partition coefficient (Wildman–Crippen LogP) is -0.721. The average molecular weight is 181 g/mol. The van der Waals surface area contributed by atoms with Gasteiger partial charge in [0.25, 0.3) is 5.91 Å². The number of pyridine rings is 1. The van der Waals surface area contributed by atoms with Crippen molar-refractivity contribution in [2.24, 2.45) is 11.7 Å². The minimum absolute atomic E-state index is 0.373. The highest BCUT2D eigenvalue weighted by atomic mass is 16.2. The lowest BCUT2D eigenvalue weighted by atomic mass is 10.2. The minimum atomic E-state index is -0.373. The summed E-state index contributed by atoms with van der Waals surface area (Å²) in [5.74, 6) is 10.2. The molecular formula is C7H11N5O. The van der Waals surface area contributed by atoms with Crippen LogP contribution in [0.5, 0.6) is 0 Å². The topological polar surface area (TPSA) is 106 Å². The number of nitrogens with two attached hydrogens (primary N) is 2. The zero-order valence-corrected chi connectivity index (χ0v) is 7.16. The van der Waals surface area contributed by atoms with Crippen LogP contribution in [0.2, 0.25) is 0 Å². The van der Waals surface area contributed by atoms with Crippen LogP contribution in [0.1, 0.15) is 16.1 Å². The van der Waals surface area contributed by atoms with Gasteiger partial charge in [0.2, 0.25) is 0 Å². The smallest absolute Gasteiger partial charge is 0.265 e. The zero-order valence-electron chi connectivity index (χ0n) is 7.16. The average Bonchev–Trinajstić information content (AvgIpc) is 2.15. The van der Waals surface area contributed by atoms with Gasteiger partial charge in [0.05, 0.1) is 0 Å². The Hall–Kier alpha value is -1.66. The zero-order chi connectivity index (χ0) is 9.84. The summed E-state index contributed by atoms with van der Waals surface area (Å²) in [6.07, 6.45) is 0. The van der Waals surface area contributed by atoms with Crippen molar-refractivity contribution in [2.75, 3.05) is 5.43 Å². The van der Waals surface area contributed by atoms with Gasteiger partial charge in [-0.2, -0.15) is 0 Å². The van der Waals surface area contributed by atoms with Crippen LogP contribution >= 0.6 is 0 Å². The maximum absolute atomic E-state index is 11.1. The normalized spacial score (nSPS) is 9.46. The Labute approximate surface area is 75.3 Å². The molecule has 0 saturated heterocycles. The second-order valence-corrected chi connectivity index (χ2v) is 2.50. The van der Waals surface area contributed by atoms with Crippen molar-refractivity contribution >= 4 is 11.7 Å². The number of hydrogen-bond donors (Lipinski definition) is 4. The molecular weight excluding hydrogens is 170 g/mol. The van der Waals surface area contributed by atoms with Crippen LogP contribution in [-0.2, 0) is 0 Å². The van der Waals surface area contributed by atoms with Crippen LogP contribution < -0.4 is 22.5 Å². The standard InChI is InChI=1S/C7H11N5O/c1-4-2-5(7(13)12-9)3-6(10-4)11-8/h2-3H,8-9H2,1H3,(H,10,11)(H,12,13). The SMILES string of the molecule is Cc1cc(C(=O)NN)cc(NN)n1. The van der Waals surface area contributed by atoms with E-state index < -0.39 is 0 Å². The maximum Gasteiger partial charge on any atom is 0.265 e. The molecule has 13 heavy (non-hydrogen) atoms. The highest BCUT2D eigenvalue weighted by Gasteiger charge is 2.05. The van der Waals surface area contributed by atoms with E-state index in [1.165, 1.54) is 6.07 Å². The molecule has 1 aromatic heterocycles. The number of aryl methyl sites for hydroxylation is 1. The molecule has 0 bridgehead atoms. The number of anilines is 1. The minimum Gasteiger partial charge on any atom is -0.308 e. The monoisotopic (exact) mass is 181 g/mol. The summed E-state index contributed by atoms with van der Waals surface area (Å²) >= 11 is 0. The third-order valence-electron chi connectivity index (χ3n) is 1.49. The van der Waals surface area contributed by atoms with E-state index in [1.54, 1.807) is 13.0 Å². The van der Waals surface area contributed by atoms with Crippen molar-refractivity contribution in [2.45, 2.75) is 6.92 Å². The fourth-order valence-corrected chi connectivity index (χ4v) is 0.957. The molecule has 0 atom stereocenters. The Morgan fingerprint density at radius 2 is 2.15 bits per heavy atom. The van der Waals surface area contributed by atoms with Gasteiger partial charge in [0.1, 0.15) is 5.82 Å². The lowest BCUT2D eigenvalue weighted by Crippen LogP contribution is -2.30.